The third kappa shape index (κ3) is 4.81. The van der Waals surface area contributed by atoms with E-state index in [0.29, 0.717) is 24.9 Å². The van der Waals surface area contributed by atoms with E-state index in [4.69, 9.17) is 4.74 Å². The van der Waals surface area contributed by atoms with Crippen LogP contribution >= 0.6 is 0 Å². The van der Waals surface area contributed by atoms with Crippen LogP contribution < -0.4 is 15.4 Å². The van der Waals surface area contributed by atoms with E-state index >= 15 is 0 Å². The molecule has 2 heterocycles. The molecule has 0 spiro atoms. The molecule has 0 bridgehead atoms. The summed E-state index contributed by atoms with van der Waals surface area (Å²) in [6.45, 7) is 3.15. The van der Waals surface area contributed by atoms with Crippen molar-refractivity contribution in [1.82, 2.24) is 9.97 Å². The van der Waals surface area contributed by atoms with Crippen molar-refractivity contribution in [1.29, 1.82) is 0 Å². The van der Waals surface area contributed by atoms with Gasteiger partial charge in [0.05, 0.1) is 11.7 Å². The van der Waals surface area contributed by atoms with E-state index in [-0.39, 0.29) is 22.8 Å². The number of halogens is 6. The molecular weight excluding hydrogens is 444 g/mol. The second-order valence-corrected chi connectivity index (χ2v) is 8.03. The number of methoxy groups -OCH3 is 1. The first kappa shape index (κ1) is 23.8. The van der Waals surface area contributed by atoms with Gasteiger partial charge in [-0.05, 0) is 6.42 Å². The number of anilines is 2. The molecule has 2 aromatic rings. The number of aromatic nitrogens is 3. The van der Waals surface area contributed by atoms with Crippen molar-refractivity contribution in [3.05, 3.63) is 46.6 Å². The van der Waals surface area contributed by atoms with Crippen molar-refractivity contribution in [3.63, 3.8) is 0 Å². The number of hydrogen-bond acceptors (Lipinski definition) is 6. The summed E-state index contributed by atoms with van der Waals surface area (Å²) in [5, 5.41) is 16.6. The fourth-order valence-electron chi connectivity index (χ4n) is 3.59. The van der Waals surface area contributed by atoms with Crippen molar-refractivity contribution in [2.45, 2.75) is 51.3 Å². The standard InChI is InChI=1S/C19H21F6N5O2/c1-17(2)13(6-14(17)32-3)28-15-12(19(23,24)25)8-27-16(29-15)26-7-10-9-30(31)5-4-11(10)18(20,21)22/h4-5,8-9,13-14H,6-7H2,1-3H3,(H2,26,27,28,29). The molecule has 176 valence electrons. The van der Waals surface area contributed by atoms with Crippen LogP contribution in [0.2, 0.25) is 0 Å². The van der Waals surface area contributed by atoms with Crippen molar-refractivity contribution in [2.24, 2.45) is 5.41 Å². The van der Waals surface area contributed by atoms with Gasteiger partial charge in [0.2, 0.25) is 5.95 Å². The monoisotopic (exact) mass is 465 g/mol. The molecule has 7 nitrogen and oxygen atoms in total. The van der Waals surface area contributed by atoms with E-state index in [9.17, 15) is 31.5 Å². The highest BCUT2D eigenvalue weighted by molar-refractivity contribution is 5.50. The van der Waals surface area contributed by atoms with Crippen molar-refractivity contribution < 1.29 is 35.8 Å². The van der Waals surface area contributed by atoms with Crippen molar-refractivity contribution in [3.8, 4) is 0 Å². The minimum Gasteiger partial charge on any atom is -0.619 e. The molecule has 2 N–H and O–H groups in total. The molecule has 0 aliphatic heterocycles. The molecular formula is C19H21F6N5O2. The fourth-order valence-corrected chi connectivity index (χ4v) is 3.59. The molecule has 2 unspecified atom stereocenters. The number of ether oxygens (including phenoxy) is 1. The second-order valence-electron chi connectivity index (χ2n) is 8.03. The molecule has 1 saturated carbocycles. The van der Waals surface area contributed by atoms with Gasteiger partial charge in [-0.2, -0.15) is 36.1 Å². The predicted octanol–water partition coefficient (Wildman–Crippen LogP) is 3.99. The van der Waals surface area contributed by atoms with Gasteiger partial charge in [-0.25, -0.2) is 4.98 Å². The lowest BCUT2D eigenvalue weighted by molar-refractivity contribution is -0.606. The second kappa shape index (κ2) is 8.26. The van der Waals surface area contributed by atoms with Gasteiger partial charge in [0, 0.05) is 42.9 Å². The quantitative estimate of drug-likeness (QED) is 0.381. The van der Waals surface area contributed by atoms with Gasteiger partial charge in [0.25, 0.3) is 0 Å². The summed E-state index contributed by atoms with van der Waals surface area (Å²) in [5.74, 6) is -0.819. The summed E-state index contributed by atoms with van der Waals surface area (Å²) >= 11 is 0. The molecule has 13 heteroatoms. The lowest BCUT2D eigenvalue weighted by atomic mass is 9.64. The Morgan fingerprint density at radius 2 is 1.84 bits per heavy atom. The Balaban J connectivity index is 1.85. The van der Waals surface area contributed by atoms with E-state index in [1.807, 2.05) is 13.8 Å². The number of pyridine rings is 1. The summed E-state index contributed by atoms with van der Waals surface area (Å²) in [7, 11) is 1.51. The summed E-state index contributed by atoms with van der Waals surface area (Å²) in [4.78, 5) is 7.43. The molecule has 0 radical (unpaired) electrons. The first-order valence-corrected chi connectivity index (χ1v) is 9.49. The van der Waals surface area contributed by atoms with Crippen LogP contribution in [0.25, 0.3) is 0 Å². The Kier molecular flexibility index (Phi) is 6.15. The summed E-state index contributed by atoms with van der Waals surface area (Å²) < 4.78 is 85.3. The van der Waals surface area contributed by atoms with Gasteiger partial charge in [-0.1, -0.05) is 13.8 Å². The van der Waals surface area contributed by atoms with Gasteiger partial charge >= 0.3 is 12.4 Å². The molecule has 0 saturated heterocycles. The summed E-state index contributed by atoms with van der Waals surface area (Å²) in [5.41, 5.74) is -3.03. The van der Waals surface area contributed by atoms with E-state index in [1.54, 1.807) is 0 Å². The van der Waals surface area contributed by atoms with Crippen LogP contribution in [0.1, 0.15) is 37.0 Å². The lowest BCUT2D eigenvalue weighted by Crippen LogP contribution is -2.58. The van der Waals surface area contributed by atoms with Gasteiger partial charge in [-0.15, -0.1) is 0 Å². The zero-order valence-electron chi connectivity index (χ0n) is 17.3. The zero-order valence-corrected chi connectivity index (χ0v) is 17.3. The minimum atomic E-state index is -4.74. The van der Waals surface area contributed by atoms with Crippen LogP contribution in [-0.4, -0.2) is 29.2 Å². The maximum atomic E-state index is 13.4. The van der Waals surface area contributed by atoms with Crippen LogP contribution in [0.5, 0.6) is 0 Å². The molecule has 2 atom stereocenters. The van der Waals surface area contributed by atoms with Crippen LogP contribution in [0.15, 0.2) is 24.7 Å². The predicted molar refractivity (Wildman–Crippen MR) is 101 cm³/mol. The third-order valence-corrected chi connectivity index (χ3v) is 5.63. The molecule has 3 rings (SSSR count). The van der Waals surface area contributed by atoms with Gasteiger partial charge in [-0.3, -0.25) is 0 Å². The highest BCUT2D eigenvalue weighted by atomic mass is 19.4. The molecule has 0 aromatic carbocycles. The van der Waals surface area contributed by atoms with Crippen LogP contribution in [0.3, 0.4) is 0 Å². The molecule has 0 amide bonds. The summed E-state index contributed by atoms with van der Waals surface area (Å²) in [6, 6.07) is 0.247. The number of hydrogen-bond donors (Lipinski definition) is 2. The first-order chi connectivity index (χ1) is 14.7. The van der Waals surface area contributed by atoms with Crippen LogP contribution in [-0.2, 0) is 23.6 Å². The number of nitrogens with zero attached hydrogens (tertiary/aromatic N) is 3. The Bertz CT molecular complexity index is 980. The van der Waals surface area contributed by atoms with Crippen LogP contribution in [0, 0.1) is 10.6 Å². The normalized spacial score (nSPS) is 20.5. The number of rotatable bonds is 6. The Morgan fingerprint density at radius 1 is 1.19 bits per heavy atom. The highest BCUT2D eigenvalue weighted by Crippen LogP contribution is 2.45. The first-order valence-electron chi connectivity index (χ1n) is 9.49. The molecule has 1 aliphatic carbocycles. The van der Waals surface area contributed by atoms with Gasteiger partial charge in [0.15, 0.2) is 12.4 Å². The SMILES string of the molecule is COC1CC(Nc2nc(NCc3c[n+]([O-])ccc3C(F)(F)F)ncc2C(F)(F)F)C1(C)C. The average molecular weight is 465 g/mol. The largest absolute Gasteiger partial charge is 0.619 e. The Labute approximate surface area is 179 Å². The molecule has 2 aromatic heterocycles. The maximum Gasteiger partial charge on any atom is 0.421 e. The van der Waals surface area contributed by atoms with Gasteiger partial charge in [0.1, 0.15) is 11.4 Å². The maximum absolute atomic E-state index is 13.4. The van der Waals surface area contributed by atoms with E-state index in [1.165, 1.54) is 7.11 Å². The third-order valence-electron chi connectivity index (χ3n) is 5.63. The lowest BCUT2D eigenvalue weighted by Gasteiger charge is -2.51. The average Bonchev–Trinajstić information content (AvgIpc) is 2.67. The molecule has 1 aliphatic rings. The van der Waals surface area contributed by atoms with Gasteiger partial charge < -0.3 is 20.6 Å². The summed E-state index contributed by atoms with van der Waals surface area (Å²) in [6.07, 6.45) is -7.17. The molecule has 32 heavy (non-hydrogen) atoms. The number of alkyl halides is 6. The smallest absolute Gasteiger partial charge is 0.421 e. The topological polar surface area (TPSA) is 86.0 Å². The Hall–Kier alpha value is -2.83. The van der Waals surface area contributed by atoms with E-state index in [0.717, 1.165) is 6.20 Å². The zero-order chi connectivity index (χ0) is 23.9. The fraction of sp³-hybridized carbons (Fsp3) is 0.526. The van der Waals surface area contributed by atoms with Crippen molar-refractivity contribution in [2.75, 3.05) is 17.7 Å². The molecule has 1 fully saturated rings. The highest BCUT2D eigenvalue weighted by Gasteiger charge is 2.49. The minimum absolute atomic E-state index is 0.147. The number of nitrogens with one attached hydrogen (secondary N) is 2. The van der Waals surface area contributed by atoms with Crippen molar-refractivity contribution >= 4 is 11.8 Å². The Morgan fingerprint density at radius 3 is 2.41 bits per heavy atom. The van der Waals surface area contributed by atoms with E-state index < -0.39 is 46.8 Å². The van der Waals surface area contributed by atoms with Crippen LogP contribution in [0.4, 0.5) is 38.1 Å². The van der Waals surface area contributed by atoms with E-state index in [2.05, 4.69) is 20.6 Å².